The second-order valence-corrected chi connectivity index (χ2v) is 12.5. The van der Waals surface area contributed by atoms with Gasteiger partial charge in [0.25, 0.3) is 5.91 Å². The Bertz CT molecular complexity index is 1470. The fraction of sp³-hybridized carbons (Fsp3) is 0.480. The maximum atomic E-state index is 13.9. The molecule has 0 aliphatic carbocycles. The number of carbonyl (C=O) groups is 1. The molecule has 11 nitrogen and oxygen atoms in total. The molecule has 38 heavy (non-hydrogen) atoms. The number of anilines is 2. The first-order valence-corrected chi connectivity index (χ1v) is 14.5. The van der Waals surface area contributed by atoms with Crippen molar-refractivity contribution in [1.29, 1.82) is 0 Å². The van der Waals surface area contributed by atoms with Gasteiger partial charge in [0, 0.05) is 62.6 Å². The SMILES string of the molecule is Cc1cn2nc([C@@H]3CCCCN3C(=O)c3cc(Cl)ccc3NS(=O)(=O)N(C)C)cc2nc1N1CCC(N)C1. The first kappa shape index (κ1) is 26.7. The van der Waals surface area contributed by atoms with Gasteiger partial charge in [0.15, 0.2) is 5.65 Å². The van der Waals surface area contributed by atoms with Crippen molar-refractivity contribution in [3.05, 3.63) is 52.3 Å². The molecule has 3 aromatic rings. The fourth-order valence-electron chi connectivity index (χ4n) is 5.13. The van der Waals surface area contributed by atoms with Gasteiger partial charge >= 0.3 is 10.2 Å². The second-order valence-electron chi connectivity index (χ2n) is 10.2. The van der Waals surface area contributed by atoms with Crippen LogP contribution in [-0.2, 0) is 10.2 Å². The number of amides is 1. The van der Waals surface area contributed by atoms with Crippen molar-refractivity contribution in [2.24, 2.45) is 5.73 Å². The summed E-state index contributed by atoms with van der Waals surface area (Å²) in [7, 11) is -0.980. The van der Waals surface area contributed by atoms with Crippen molar-refractivity contribution in [1.82, 2.24) is 23.8 Å². The maximum absolute atomic E-state index is 13.9. The highest BCUT2D eigenvalue weighted by Gasteiger charge is 2.33. The van der Waals surface area contributed by atoms with E-state index in [4.69, 9.17) is 27.4 Å². The third-order valence-corrected chi connectivity index (χ3v) is 8.86. The molecule has 0 spiro atoms. The van der Waals surface area contributed by atoms with Crippen molar-refractivity contribution in [3.8, 4) is 0 Å². The van der Waals surface area contributed by atoms with E-state index in [2.05, 4.69) is 9.62 Å². The lowest BCUT2D eigenvalue weighted by Gasteiger charge is -2.35. The first-order valence-electron chi connectivity index (χ1n) is 12.7. The molecule has 2 saturated heterocycles. The molecule has 1 aromatic carbocycles. The van der Waals surface area contributed by atoms with E-state index in [1.807, 2.05) is 19.2 Å². The van der Waals surface area contributed by atoms with Crippen LogP contribution in [-0.4, -0.2) is 77.9 Å². The molecule has 4 heterocycles. The predicted octanol–water partition coefficient (Wildman–Crippen LogP) is 2.81. The first-order chi connectivity index (χ1) is 18.0. The molecule has 3 N–H and O–H groups in total. The van der Waals surface area contributed by atoms with Crippen molar-refractivity contribution in [3.63, 3.8) is 0 Å². The van der Waals surface area contributed by atoms with Crippen LogP contribution >= 0.6 is 11.6 Å². The summed E-state index contributed by atoms with van der Waals surface area (Å²) in [5.41, 5.74) is 8.95. The van der Waals surface area contributed by atoms with Gasteiger partial charge in [-0.1, -0.05) is 11.6 Å². The number of hydrogen-bond donors (Lipinski definition) is 2. The lowest BCUT2D eigenvalue weighted by Crippen LogP contribution is -2.39. The molecule has 1 amide bonds. The number of halogens is 1. The number of aryl methyl sites for hydroxylation is 1. The number of rotatable bonds is 6. The van der Waals surface area contributed by atoms with Crippen LogP contribution in [0.2, 0.25) is 5.02 Å². The summed E-state index contributed by atoms with van der Waals surface area (Å²) < 4.78 is 30.3. The third kappa shape index (κ3) is 5.18. The second kappa shape index (κ2) is 10.3. The molecular weight excluding hydrogens is 528 g/mol. The summed E-state index contributed by atoms with van der Waals surface area (Å²) in [4.78, 5) is 22.7. The highest BCUT2D eigenvalue weighted by atomic mass is 35.5. The van der Waals surface area contributed by atoms with Crippen LogP contribution < -0.4 is 15.4 Å². The summed E-state index contributed by atoms with van der Waals surface area (Å²) in [6.45, 7) is 4.18. The molecule has 13 heteroatoms. The summed E-state index contributed by atoms with van der Waals surface area (Å²) in [6, 6.07) is 6.37. The predicted molar refractivity (Wildman–Crippen MR) is 148 cm³/mol. The van der Waals surface area contributed by atoms with Crippen LogP contribution in [0, 0.1) is 6.92 Å². The normalized spacial score (nSPS) is 20.5. The minimum atomic E-state index is -3.82. The Hall–Kier alpha value is -2.93. The van der Waals surface area contributed by atoms with E-state index in [0.29, 0.717) is 17.2 Å². The molecule has 0 saturated carbocycles. The van der Waals surface area contributed by atoms with Gasteiger partial charge in [0.05, 0.1) is 23.0 Å². The van der Waals surface area contributed by atoms with Gasteiger partial charge < -0.3 is 15.5 Å². The van der Waals surface area contributed by atoms with Gasteiger partial charge in [-0.05, 0) is 50.8 Å². The van der Waals surface area contributed by atoms with Gasteiger partial charge in [0.1, 0.15) is 5.82 Å². The van der Waals surface area contributed by atoms with E-state index in [1.165, 1.54) is 26.2 Å². The number of benzene rings is 1. The van der Waals surface area contributed by atoms with Gasteiger partial charge in [0.2, 0.25) is 0 Å². The standard InChI is InChI=1S/C25H33ClN8O3S/c1-16-14-34-23(28-24(16)32-11-9-18(27)15-32)13-21(29-34)22-6-4-5-10-33(22)25(35)19-12-17(26)7-8-20(19)30-38(36,37)31(2)3/h7-8,12-14,18,22,30H,4-6,9-11,15,27H2,1-3H3/t18?,22-/m0/s1. The van der Waals surface area contributed by atoms with E-state index in [1.54, 1.807) is 15.5 Å². The Labute approximate surface area is 227 Å². The van der Waals surface area contributed by atoms with Crippen LogP contribution in [0.3, 0.4) is 0 Å². The number of nitrogens with zero attached hydrogens (tertiary/aromatic N) is 6. The van der Waals surface area contributed by atoms with Gasteiger partial charge in [-0.3, -0.25) is 9.52 Å². The average molecular weight is 561 g/mol. The Morgan fingerprint density at radius 1 is 1.18 bits per heavy atom. The maximum Gasteiger partial charge on any atom is 0.301 e. The molecule has 2 atom stereocenters. The molecule has 0 bridgehead atoms. The fourth-order valence-corrected chi connectivity index (χ4v) is 5.94. The number of likely N-dealkylation sites (tertiary alicyclic amines) is 1. The monoisotopic (exact) mass is 560 g/mol. The van der Waals surface area contributed by atoms with Crippen molar-refractivity contribution in [2.45, 2.75) is 44.7 Å². The lowest BCUT2D eigenvalue weighted by atomic mass is 9.98. The zero-order chi connectivity index (χ0) is 27.2. The molecule has 1 unspecified atom stereocenters. The largest absolute Gasteiger partial charge is 0.355 e. The molecule has 2 fully saturated rings. The van der Waals surface area contributed by atoms with E-state index in [-0.39, 0.29) is 29.2 Å². The van der Waals surface area contributed by atoms with Crippen molar-refractivity contribution in [2.75, 3.05) is 43.4 Å². The van der Waals surface area contributed by atoms with Gasteiger partial charge in [-0.15, -0.1) is 0 Å². The molecule has 2 aliphatic rings. The Kier molecular flexibility index (Phi) is 7.25. The van der Waals surface area contributed by atoms with Crippen molar-refractivity contribution < 1.29 is 13.2 Å². The van der Waals surface area contributed by atoms with Crippen molar-refractivity contribution >= 4 is 44.9 Å². The van der Waals surface area contributed by atoms with Crippen LogP contribution in [0.5, 0.6) is 0 Å². The summed E-state index contributed by atoms with van der Waals surface area (Å²) >= 11 is 6.24. The van der Waals surface area contributed by atoms with Crippen LogP contribution in [0.15, 0.2) is 30.5 Å². The minimum absolute atomic E-state index is 0.147. The van der Waals surface area contributed by atoms with E-state index in [9.17, 15) is 13.2 Å². The Balaban J connectivity index is 1.48. The molecule has 0 radical (unpaired) electrons. The smallest absolute Gasteiger partial charge is 0.301 e. The van der Waals surface area contributed by atoms with E-state index in [0.717, 1.165) is 60.2 Å². The molecule has 2 aromatic heterocycles. The number of nitrogens with one attached hydrogen (secondary N) is 1. The number of carbonyl (C=O) groups excluding carboxylic acids is 1. The number of piperidine rings is 1. The van der Waals surface area contributed by atoms with E-state index < -0.39 is 10.2 Å². The van der Waals surface area contributed by atoms with Crippen LogP contribution in [0.25, 0.3) is 5.65 Å². The summed E-state index contributed by atoms with van der Waals surface area (Å²) in [6.07, 6.45) is 5.42. The van der Waals surface area contributed by atoms with Crippen LogP contribution in [0.4, 0.5) is 11.5 Å². The number of nitrogens with two attached hydrogens (primary N) is 1. The minimum Gasteiger partial charge on any atom is -0.355 e. The quantitative estimate of drug-likeness (QED) is 0.474. The highest BCUT2D eigenvalue weighted by molar-refractivity contribution is 7.90. The number of aromatic nitrogens is 3. The Morgan fingerprint density at radius 2 is 1.97 bits per heavy atom. The number of fused-ring (bicyclic) bond motifs is 1. The molecule has 2 aliphatic heterocycles. The zero-order valence-corrected chi connectivity index (χ0v) is 23.3. The third-order valence-electron chi connectivity index (χ3n) is 7.18. The van der Waals surface area contributed by atoms with E-state index >= 15 is 0 Å². The average Bonchev–Trinajstić information content (AvgIpc) is 3.49. The highest BCUT2D eigenvalue weighted by Crippen LogP contribution is 2.34. The lowest BCUT2D eigenvalue weighted by molar-refractivity contribution is 0.0607. The van der Waals surface area contributed by atoms with Gasteiger partial charge in [-0.2, -0.15) is 17.8 Å². The molecular formula is C25H33ClN8O3S. The molecule has 204 valence electrons. The summed E-state index contributed by atoms with van der Waals surface area (Å²) in [5.74, 6) is 0.604. The Morgan fingerprint density at radius 3 is 2.68 bits per heavy atom. The zero-order valence-electron chi connectivity index (χ0n) is 21.8. The topological polar surface area (TPSA) is 129 Å². The van der Waals surface area contributed by atoms with Gasteiger partial charge in [-0.25, -0.2) is 9.50 Å². The van der Waals surface area contributed by atoms with Crippen LogP contribution in [0.1, 0.15) is 53.3 Å². The summed E-state index contributed by atoms with van der Waals surface area (Å²) in [5, 5.41) is 5.15. The molecule has 5 rings (SSSR count). The number of hydrogen-bond acceptors (Lipinski definition) is 7.